The summed E-state index contributed by atoms with van der Waals surface area (Å²) in [6.07, 6.45) is 1.77. The maximum Gasteiger partial charge on any atom is 0.128 e. The summed E-state index contributed by atoms with van der Waals surface area (Å²) in [4.78, 5) is 8.41. The highest BCUT2D eigenvalue weighted by molar-refractivity contribution is 6.03. The molecular weight excluding hydrogens is 162 g/mol. The van der Waals surface area contributed by atoms with Crippen molar-refractivity contribution in [1.29, 1.82) is 0 Å². The van der Waals surface area contributed by atoms with E-state index in [1.165, 1.54) is 5.56 Å². The number of aryl methyl sites for hydroxylation is 1. The van der Waals surface area contributed by atoms with Gasteiger partial charge in [-0.15, -0.1) is 0 Å². The van der Waals surface area contributed by atoms with Crippen LogP contribution < -0.4 is 5.73 Å². The predicted molar refractivity (Wildman–Crippen MR) is 54.9 cm³/mol. The molecule has 0 radical (unpaired) electrons. The zero-order valence-corrected chi connectivity index (χ0v) is 7.49. The smallest absolute Gasteiger partial charge is 0.128 e. The standard InChI is InChI=1S/C10H11N3/c1-7-2-3-9-8(6-7)10(11)13-5-4-12-9/h2-4,6H,5H2,1H3,(H2,11,13). The van der Waals surface area contributed by atoms with Gasteiger partial charge in [-0.05, 0) is 19.1 Å². The Morgan fingerprint density at radius 1 is 1.38 bits per heavy atom. The van der Waals surface area contributed by atoms with E-state index in [9.17, 15) is 0 Å². The van der Waals surface area contributed by atoms with Crippen LogP contribution in [0, 0.1) is 6.92 Å². The molecule has 66 valence electrons. The third kappa shape index (κ3) is 1.45. The van der Waals surface area contributed by atoms with Gasteiger partial charge in [-0.2, -0.15) is 0 Å². The molecule has 1 aromatic carbocycles. The average Bonchev–Trinajstić information content (AvgIpc) is 2.29. The van der Waals surface area contributed by atoms with Crippen molar-refractivity contribution >= 4 is 17.7 Å². The van der Waals surface area contributed by atoms with Crippen LogP contribution in [0.25, 0.3) is 0 Å². The van der Waals surface area contributed by atoms with E-state index >= 15 is 0 Å². The Bertz CT molecular complexity index is 391. The Kier molecular flexibility index (Phi) is 1.85. The van der Waals surface area contributed by atoms with Crippen LogP contribution in [0.1, 0.15) is 11.1 Å². The van der Waals surface area contributed by atoms with Crippen molar-refractivity contribution in [1.82, 2.24) is 0 Å². The van der Waals surface area contributed by atoms with E-state index in [0.29, 0.717) is 12.4 Å². The summed E-state index contributed by atoms with van der Waals surface area (Å²) in [7, 11) is 0. The lowest BCUT2D eigenvalue weighted by atomic mass is 10.1. The van der Waals surface area contributed by atoms with E-state index in [0.717, 1.165) is 11.3 Å². The normalized spacial score (nSPS) is 14.7. The van der Waals surface area contributed by atoms with Gasteiger partial charge in [-0.3, -0.25) is 9.98 Å². The highest BCUT2D eigenvalue weighted by Gasteiger charge is 2.07. The van der Waals surface area contributed by atoms with Crippen molar-refractivity contribution < 1.29 is 0 Å². The number of rotatable bonds is 0. The molecule has 1 aromatic rings. The minimum Gasteiger partial charge on any atom is -0.383 e. The lowest BCUT2D eigenvalue weighted by molar-refractivity contribution is 1.31. The summed E-state index contributed by atoms with van der Waals surface area (Å²) in [5.74, 6) is 0.580. The van der Waals surface area contributed by atoms with E-state index in [4.69, 9.17) is 5.73 Å². The summed E-state index contributed by atoms with van der Waals surface area (Å²) >= 11 is 0. The Morgan fingerprint density at radius 2 is 2.23 bits per heavy atom. The molecule has 0 saturated heterocycles. The SMILES string of the molecule is Cc1ccc2c(c1)C(N)=NCC=N2. The lowest BCUT2D eigenvalue weighted by Gasteiger charge is -2.03. The van der Waals surface area contributed by atoms with Crippen molar-refractivity contribution in [3.05, 3.63) is 29.3 Å². The molecule has 13 heavy (non-hydrogen) atoms. The van der Waals surface area contributed by atoms with Crippen LogP contribution in [-0.4, -0.2) is 18.6 Å². The second-order valence-corrected chi connectivity index (χ2v) is 3.06. The third-order valence-corrected chi connectivity index (χ3v) is 2.00. The van der Waals surface area contributed by atoms with Crippen LogP contribution in [0.2, 0.25) is 0 Å². The van der Waals surface area contributed by atoms with Crippen LogP contribution >= 0.6 is 0 Å². The van der Waals surface area contributed by atoms with Gasteiger partial charge in [-0.25, -0.2) is 0 Å². The van der Waals surface area contributed by atoms with Gasteiger partial charge in [0.25, 0.3) is 0 Å². The number of amidine groups is 1. The molecule has 1 aliphatic heterocycles. The van der Waals surface area contributed by atoms with Crippen LogP contribution in [-0.2, 0) is 0 Å². The van der Waals surface area contributed by atoms with Gasteiger partial charge >= 0.3 is 0 Å². The highest BCUT2D eigenvalue weighted by atomic mass is 14.9. The number of nitrogens with zero attached hydrogens (tertiary/aromatic N) is 2. The average molecular weight is 173 g/mol. The molecule has 0 aromatic heterocycles. The van der Waals surface area contributed by atoms with E-state index in [-0.39, 0.29) is 0 Å². The molecule has 3 nitrogen and oxygen atoms in total. The summed E-state index contributed by atoms with van der Waals surface area (Å²) < 4.78 is 0. The molecule has 1 heterocycles. The first-order valence-corrected chi connectivity index (χ1v) is 4.21. The summed E-state index contributed by atoms with van der Waals surface area (Å²) in [6, 6.07) is 6.00. The first-order chi connectivity index (χ1) is 6.27. The second kappa shape index (κ2) is 3.01. The molecule has 2 N–H and O–H groups in total. The Balaban J connectivity index is 2.63. The van der Waals surface area contributed by atoms with E-state index < -0.39 is 0 Å². The first-order valence-electron chi connectivity index (χ1n) is 4.21. The minimum absolute atomic E-state index is 0.569. The van der Waals surface area contributed by atoms with Crippen molar-refractivity contribution in [2.75, 3.05) is 6.54 Å². The quantitative estimate of drug-likeness (QED) is 0.633. The molecule has 2 rings (SSSR count). The number of aliphatic imine (C=N–C) groups is 2. The maximum atomic E-state index is 5.79. The van der Waals surface area contributed by atoms with E-state index in [1.807, 2.05) is 25.1 Å². The van der Waals surface area contributed by atoms with Gasteiger partial charge in [0.05, 0.1) is 12.2 Å². The fourth-order valence-corrected chi connectivity index (χ4v) is 1.33. The second-order valence-electron chi connectivity index (χ2n) is 3.06. The largest absolute Gasteiger partial charge is 0.383 e. The molecule has 0 spiro atoms. The van der Waals surface area contributed by atoms with Gasteiger partial charge < -0.3 is 5.73 Å². The topological polar surface area (TPSA) is 50.7 Å². The van der Waals surface area contributed by atoms with Gasteiger partial charge in [0.2, 0.25) is 0 Å². The Labute approximate surface area is 77.0 Å². The molecule has 3 heteroatoms. The molecular formula is C10H11N3. The predicted octanol–water partition coefficient (Wildman–Crippen LogP) is 1.42. The third-order valence-electron chi connectivity index (χ3n) is 2.00. The molecule has 0 saturated carbocycles. The zero-order chi connectivity index (χ0) is 9.26. The fraction of sp³-hybridized carbons (Fsp3) is 0.200. The van der Waals surface area contributed by atoms with Crippen molar-refractivity contribution in [2.24, 2.45) is 15.7 Å². The molecule has 0 unspecified atom stereocenters. The molecule has 0 fully saturated rings. The van der Waals surface area contributed by atoms with Gasteiger partial charge in [0, 0.05) is 11.8 Å². The van der Waals surface area contributed by atoms with Crippen molar-refractivity contribution in [2.45, 2.75) is 6.92 Å². The van der Waals surface area contributed by atoms with E-state index in [1.54, 1.807) is 6.21 Å². The minimum atomic E-state index is 0.569. The molecule has 0 bridgehead atoms. The van der Waals surface area contributed by atoms with Gasteiger partial charge in [-0.1, -0.05) is 11.6 Å². The summed E-state index contributed by atoms with van der Waals surface area (Å²) in [5.41, 5.74) is 8.81. The summed E-state index contributed by atoms with van der Waals surface area (Å²) in [6.45, 7) is 2.60. The van der Waals surface area contributed by atoms with Crippen LogP contribution in [0.15, 0.2) is 28.2 Å². The lowest BCUT2D eigenvalue weighted by Crippen LogP contribution is -2.13. The molecule has 0 aliphatic carbocycles. The maximum absolute atomic E-state index is 5.79. The van der Waals surface area contributed by atoms with Gasteiger partial charge in [0.1, 0.15) is 5.84 Å². The zero-order valence-electron chi connectivity index (χ0n) is 7.49. The first kappa shape index (κ1) is 7.98. The van der Waals surface area contributed by atoms with Crippen molar-refractivity contribution in [3.8, 4) is 0 Å². The van der Waals surface area contributed by atoms with Crippen molar-refractivity contribution in [3.63, 3.8) is 0 Å². The monoisotopic (exact) mass is 173 g/mol. The number of fused-ring (bicyclic) bond motifs is 1. The van der Waals surface area contributed by atoms with Crippen LogP contribution in [0.5, 0.6) is 0 Å². The summed E-state index contributed by atoms with van der Waals surface area (Å²) in [5, 5.41) is 0. The number of benzene rings is 1. The molecule has 0 amide bonds. The Morgan fingerprint density at radius 3 is 3.08 bits per heavy atom. The van der Waals surface area contributed by atoms with Crippen LogP contribution in [0.4, 0.5) is 5.69 Å². The molecule has 0 atom stereocenters. The van der Waals surface area contributed by atoms with Gasteiger partial charge in [0.15, 0.2) is 0 Å². The highest BCUT2D eigenvalue weighted by Crippen LogP contribution is 2.21. The van der Waals surface area contributed by atoms with Crippen LogP contribution in [0.3, 0.4) is 0 Å². The number of hydrogen-bond acceptors (Lipinski definition) is 3. The fourth-order valence-electron chi connectivity index (χ4n) is 1.33. The van der Waals surface area contributed by atoms with E-state index in [2.05, 4.69) is 9.98 Å². The Hall–Kier alpha value is -1.64. The number of nitrogens with two attached hydrogens (primary N) is 1. The number of hydrogen-bond donors (Lipinski definition) is 1. The molecule has 1 aliphatic rings.